The van der Waals surface area contributed by atoms with E-state index in [0.717, 1.165) is 12.0 Å². The van der Waals surface area contributed by atoms with Gasteiger partial charge in [0.15, 0.2) is 0 Å². The minimum Gasteiger partial charge on any atom is -0.390 e. The summed E-state index contributed by atoms with van der Waals surface area (Å²) in [5.41, 5.74) is 0.985. The largest absolute Gasteiger partial charge is 0.390 e. The Hall–Kier alpha value is -1.00. The van der Waals surface area contributed by atoms with Gasteiger partial charge in [0, 0.05) is 6.04 Å². The SMILES string of the molecule is CCC(NCC(F)(F)CO)c1ccccc1. The van der Waals surface area contributed by atoms with Gasteiger partial charge in [-0.2, -0.15) is 0 Å². The van der Waals surface area contributed by atoms with Crippen LogP contribution in [-0.4, -0.2) is 24.2 Å². The van der Waals surface area contributed by atoms with Crippen molar-refractivity contribution in [3.8, 4) is 0 Å². The van der Waals surface area contributed by atoms with Gasteiger partial charge in [-0.3, -0.25) is 0 Å². The Labute approximate surface area is 94.3 Å². The van der Waals surface area contributed by atoms with Gasteiger partial charge >= 0.3 is 0 Å². The van der Waals surface area contributed by atoms with E-state index in [9.17, 15) is 8.78 Å². The van der Waals surface area contributed by atoms with Crippen LogP contribution in [0.5, 0.6) is 0 Å². The summed E-state index contributed by atoms with van der Waals surface area (Å²) in [4.78, 5) is 0. The molecule has 0 aliphatic heterocycles. The first-order valence-corrected chi connectivity index (χ1v) is 5.36. The number of benzene rings is 1. The average molecular weight is 229 g/mol. The number of rotatable bonds is 6. The standard InChI is InChI=1S/C12H17F2NO/c1-2-11(10-6-4-3-5-7-10)15-8-12(13,14)9-16/h3-7,11,15-16H,2,8-9H2,1H3. The number of hydrogen-bond donors (Lipinski definition) is 2. The van der Waals surface area contributed by atoms with Crippen molar-refractivity contribution in [2.45, 2.75) is 25.3 Å². The molecule has 1 aromatic rings. The van der Waals surface area contributed by atoms with E-state index in [1.54, 1.807) is 0 Å². The summed E-state index contributed by atoms with van der Waals surface area (Å²) < 4.78 is 25.7. The zero-order valence-electron chi connectivity index (χ0n) is 9.29. The molecule has 0 bridgehead atoms. The van der Waals surface area contributed by atoms with Gasteiger partial charge in [0.1, 0.15) is 6.61 Å². The van der Waals surface area contributed by atoms with Crippen LogP contribution in [0, 0.1) is 0 Å². The third-order valence-corrected chi connectivity index (χ3v) is 2.45. The maximum absolute atomic E-state index is 12.9. The van der Waals surface area contributed by atoms with E-state index in [4.69, 9.17) is 5.11 Å². The third-order valence-electron chi connectivity index (χ3n) is 2.45. The lowest BCUT2D eigenvalue weighted by atomic mass is 10.0. The van der Waals surface area contributed by atoms with E-state index in [-0.39, 0.29) is 6.04 Å². The molecular formula is C12H17F2NO. The van der Waals surface area contributed by atoms with Crippen LogP contribution in [0.15, 0.2) is 30.3 Å². The molecule has 1 unspecified atom stereocenters. The molecule has 0 fully saturated rings. The topological polar surface area (TPSA) is 32.3 Å². The Morgan fingerprint density at radius 3 is 2.44 bits per heavy atom. The smallest absolute Gasteiger partial charge is 0.282 e. The highest BCUT2D eigenvalue weighted by Gasteiger charge is 2.28. The minimum absolute atomic E-state index is 0.0985. The summed E-state index contributed by atoms with van der Waals surface area (Å²) in [7, 11) is 0. The molecule has 1 rings (SSSR count). The van der Waals surface area contributed by atoms with E-state index >= 15 is 0 Å². The fourth-order valence-corrected chi connectivity index (χ4v) is 1.51. The third kappa shape index (κ3) is 3.87. The summed E-state index contributed by atoms with van der Waals surface area (Å²) in [5.74, 6) is -3.05. The lowest BCUT2D eigenvalue weighted by Gasteiger charge is -2.21. The summed E-state index contributed by atoms with van der Waals surface area (Å²) in [6, 6.07) is 9.35. The molecule has 4 heteroatoms. The molecule has 2 N–H and O–H groups in total. The average Bonchev–Trinajstić information content (AvgIpc) is 2.31. The molecule has 2 nitrogen and oxygen atoms in total. The monoisotopic (exact) mass is 229 g/mol. The van der Waals surface area contributed by atoms with Gasteiger partial charge in [-0.05, 0) is 12.0 Å². The maximum Gasteiger partial charge on any atom is 0.282 e. The first kappa shape index (κ1) is 13.1. The summed E-state index contributed by atoms with van der Waals surface area (Å²) in [6.07, 6.45) is 0.728. The Morgan fingerprint density at radius 2 is 1.94 bits per heavy atom. The molecular weight excluding hydrogens is 212 g/mol. The Kier molecular flexibility index (Phi) is 4.83. The molecule has 0 aliphatic carbocycles. The fraction of sp³-hybridized carbons (Fsp3) is 0.500. The highest BCUT2D eigenvalue weighted by atomic mass is 19.3. The number of halogens is 2. The predicted molar refractivity (Wildman–Crippen MR) is 59.5 cm³/mol. The first-order valence-electron chi connectivity index (χ1n) is 5.36. The minimum atomic E-state index is -3.05. The molecule has 0 radical (unpaired) electrons. The second-order valence-electron chi connectivity index (χ2n) is 3.77. The van der Waals surface area contributed by atoms with Gasteiger partial charge in [-0.15, -0.1) is 0 Å². The van der Waals surface area contributed by atoms with Crippen LogP contribution in [0.2, 0.25) is 0 Å². The van der Waals surface area contributed by atoms with Crippen molar-refractivity contribution in [1.29, 1.82) is 0 Å². The van der Waals surface area contributed by atoms with Crippen molar-refractivity contribution in [3.05, 3.63) is 35.9 Å². The zero-order chi connectivity index (χ0) is 12.0. The van der Waals surface area contributed by atoms with Gasteiger partial charge in [0.25, 0.3) is 5.92 Å². The van der Waals surface area contributed by atoms with Crippen molar-refractivity contribution >= 4 is 0 Å². The van der Waals surface area contributed by atoms with Crippen LogP contribution >= 0.6 is 0 Å². The van der Waals surface area contributed by atoms with Crippen molar-refractivity contribution in [2.24, 2.45) is 0 Å². The molecule has 90 valence electrons. The highest BCUT2D eigenvalue weighted by molar-refractivity contribution is 5.18. The Balaban J connectivity index is 2.57. The molecule has 0 aromatic heterocycles. The van der Waals surface area contributed by atoms with Gasteiger partial charge in [-0.1, -0.05) is 37.3 Å². The van der Waals surface area contributed by atoms with Crippen molar-refractivity contribution < 1.29 is 13.9 Å². The van der Waals surface area contributed by atoms with Crippen LogP contribution in [0.4, 0.5) is 8.78 Å². The van der Waals surface area contributed by atoms with Crippen LogP contribution in [0.1, 0.15) is 24.9 Å². The molecule has 16 heavy (non-hydrogen) atoms. The van der Waals surface area contributed by atoms with Crippen molar-refractivity contribution in [1.82, 2.24) is 5.32 Å². The molecule has 0 amide bonds. The molecule has 0 saturated heterocycles. The number of alkyl halides is 2. The van der Waals surface area contributed by atoms with Crippen LogP contribution in [-0.2, 0) is 0 Å². The predicted octanol–water partition coefficient (Wildman–Crippen LogP) is 2.35. The second-order valence-corrected chi connectivity index (χ2v) is 3.77. The zero-order valence-corrected chi connectivity index (χ0v) is 9.29. The van der Waals surface area contributed by atoms with Gasteiger partial charge in [0.05, 0.1) is 6.54 Å². The maximum atomic E-state index is 12.9. The highest BCUT2D eigenvalue weighted by Crippen LogP contribution is 2.18. The van der Waals surface area contributed by atoms with Crippen molar-refractivity contribution in [3.63, 3.8) is 0 Å². The van der Waals surface area contributed by atoms with Gasteiger partial charge in [-0.25, -0.2) is 8.78 Å². The first-order chi connectivity index (χ1) is 7.59. The summed E-state index contributed by atoms with van der Waals surface area (Å²) >= 11 is 0. The van der Waals surface area contributed by atoms with E-state index in [1.807, 2.05) is 37.3 Å². The van der Waals surface area contributed by atoms with E-state index < -0.39 is 19.1 Å². The van der Waals surface area contributed by atoms with Crippen molar-refractivity contribution in [2.75, 3.05) is 13.2 Å². The van der Waals surface area contributed by atoms with E-state index in [1.165, 1.54) is 0 Å². The molecule has 0 spiro atoms. The lowest BCUT2D eigenvalue weighted by molar-refractivity contribution is -0.0494. The number of nitrogens with one attached hydrogen (secondary N) is 1. The van der Waals surface area contributed by atoms with Gasteiger partial charge in [0.2, 0.25) is 0 Å². The molecule has 1 atom stereocenters. The summed E-state index contributed by atoms with van der Waals surface area (Å²) in [5, 5.41) is 11.2. The van der Waals surface area contributed by atoms with E-state index in [0.29, 0.717) is 0 Å². The quantitative estimate of drug-likeness (QED) is 0.784. The second kappa shape index (κ2) is 5.92. The number of hydrogen-bond acceptors (Lipinski definition) is 2. The summed E-state index contributed by atoms with van der Waals surface area (Å²) in [6.45, 7) is 0.309. The normalized spacial score (nSPS) is 13.8. The number of aliphatic hydroxyl groups excluding tert-OH is 1. The molecule has 0 heterocycles. The van der Waals surface area contributed by atoms with Crippen LogP contribution in [0.25, 0.3) is 0 Å². The number of aliphatic hydroxyl groups is 1. The van der Waals surface area contributed by atoms with Crippen LogP contribution < -0.4 is 5.32 Å². The fourth-order valence-electron chi connectivity index (χ4n) is 1.51. The van der Waals surface area contributed by atoms with Crippen LogP contribution in [0.3, 0.4) is 0 Å². The molecule has 0 saturated carbocycles. The van der Waals surface area contributed by atoms with E-state index in [2.05, 4.69) is 5.32 Å². The Bertz CT molecular complexity index is 303. The van der Waals surface area contributed by atoms with Gasteiger partial charge < -0.3 is 10.4 Å². The lowest BCUT2D eigenvalue weighted by Crippen LogP contribution is -2.37. The molecule has 0 aliphatic rings. The Morgan fingerprint density at radius 1 is 1.31 bits per heavy atom. The molecule has 1 aromatic carbocycles.